The van der Waals surface area contributed by atoms with Crippen molar-refractivity contribution in [1.29, 1.82) is 0 Å². The van der Waals surface area contributed by atoms with Crippen molar-refractivity contribution in [3.05, 3.63) is 29.8 Å². The van der Waals surface area contributed by atoms with Crippen molar-refractivity contribution in [1.82, 2.24) is 5.32 Å². The predicted molar refractivity (Wildman–Crippen MR) is 85.1 cm³/mol. The molecule has 4 heteroatoms. The minimum Gasteiger partial charge on any atom is -0.508 e. The van der Waals surface area contributed by atoms with E-state index in [-0.39, 0.29) is 24.0 Å². The number of nitrogens with one attached hydrogen (secondary N) is 1. The van der Waals surface area contributed by atoms with Gasteiger partial charge in [0.15, 0.2) is 5.78 Å². The van der Waals surface area contributed by atoms with Gasteiger partial charge in [0.05, 0.1) is 18.8 Å². The lowest BCUT2D eigenvalue weighted by molar-refractivity contribution is -0.120. The molecular weight excluding hydrogens is 278 g/mol. The van der Waals surface area contributed by atoms with Gasteiger partial charge in [-0.05, 0) is 50.2 Å². The average Bonchev–Trinajstić information content (AvgIpc) is 2.84. The third-order valence-corrected chi connectivity index (χ3v) is 4.93. The second kappa shape index (κ2) is 6.80. The molecule has 1 saturated carbocycles. The minimum atomic E-state index is -0.120. The molecule has 1 unspecified atom stereocenters. The highest BCUT2D eigenvalue weighted by Gasteiger charge is 2.31. The monoisotopic (exact) mass is 303 g/mol. The summed E-state index contributed by atoms with van der Waals surface area (Å²) < 4.78 is 5.95. The summed E-state index contributed by atoms with van der Waals surface area (Å²) in [6, 6.07) is 7.78. The fourth-order valence-electron chi connectivity index (χ4n) is 3.69. The van der Waals surface area contributed by atoms with Crippen molar-refractivity contribution in [3.8, 4) is 5.75 Å². The van der Waals surface area contributed by atoms with E-state index >= 15 is 0 Å². The van der Waals surface area contributed by atoms with Gasteiger partial charge >= 0.3 is 0 Å². The van der Waals surface area contributed by atoms with E-state index in [0.29, 0.717) is 24.7 Å². The van der Waals surface area contributed by atoms with E-state index in [9.17, 15) is 9.90 Å². The van der Waals surface area contributed by atoms with Gasteiger partial charge in [0.25, 0.3) is 0 Å². The molecule has 1 aliphatic carbocycles. The maximum atomic E-state index is 11.8. The minimum absolute atomic E-state index is 0.120. The van der Waals surface area contributed by atoms with Gasteiger partial charge in [0.2, 0.25) is 0 Å². The van der Waals surface area contributed by atoms with E-state index < -0.39 is 0 Å². The van der Waals surface area contributed by atoms with Crippen LogP contribution in [0.4, 0.5) is 0 Å². The van der Waals surface area contributed by atoms with E-state index in [4.69, 9.17) is 4.74 Å². The molecule has 1 saturated heterocycles. The zero-order chi connectivity index (χ0) is 15.5. The Kier molecular flexibility index (Phi) is 4.79. The Labute approximate surface area is 131 Å². The lowest BCUT2D eigenvalue weighted by Gasteiger charge is -2.29. The largest absolute Gasteiger partial charge is 0.508 e. The molecule has 2 N–H and O–H groups in total. The van der Waals surface area contributed by atoms with Gasteiger partial charge in [-0.2, -0.15) is 0 Å². The molecule has 0 spiro atoms. The molecule has 1 aliphatic heterocycles. The first-order valence-electron chi connectivity index (χ1n) is 8.31. The number of benzene rings is 1. The molecule has 0 bridgehead atoms. The third kappa shape index (κ3) is 3.50. The summed E-state index contributed by atoms with van der Waals surface area (Å²) in [4.78, 5) is 11.8. The molecule has 4 nitrogen and oxygen atoms in total. The highest BCUT2D eigenvalue weighted by molar-refractivity contribution is 5.86. The second-order valence-electron chi connectivity index (χ2n) is 6.66. The number of ketones is 1. The topological polar surface area (TPSA) is 58.6 Å². The first kappa shape index (κ1) is 15.5. The summed E-state index contributed by atoms with van der Waals surface area (Å²) >= 11 is 0. The first-order valence-corrected chi connectivity index (χ1v) is 8.31. The van der Waals surface area contributed by atoms with Gasteiger partial charge in [-0.25, -0.2) is 0 Å². The Balaban J connectivity index is 1.46. The summed E-state index contributed by atoms with van der Waals surface area (Å²) in [7, 11) is 0. The molecule has 2 aliphatic rings. The number of para-hydroxylation sites is 1. The Morgan fingerprint density at radius 2 is 1.95 bits per heavy atom. The smallest absolute Gasteiger partial charge is 0.153 e. The van der Waals surface area contributed by atoms with E-state index in [0.717, 1.165) is 31.2 Å². The number of phenols is 1. The number of ether oxygens (including phenoxy) is 1. The van der Waals surface area contributed by atoms with Crippen LogP contribution < -0.4 is 5.32 Å². The van der Waals surface area contributed by atoms with Crippen LogP contribution in [-0.4, -0.2) is 35.7 Å². The van der Waals surface area contributed by atoms with Crippen molar-refractivity contribution in [2.75, 3.05) is 6.61 Å². The summed E-state index contributed by atoms with van der Waals surface area (Å²) in [5, 5.41) is 13.2. The van der Waals surface area contributed by atoms with Crippen molar-refractivity contribution < 1.29 is 14.6 Å². The Morgan fingerprint density at radius 1 is 1.23 bits per heavy atom. The lowest BCUT2D eigenvalue weighted by Crippen LogP contribution is -2.36. The fourth-order valence-corrected chi connectivity index (χ4v) is 3.69. The van der Waals surface area contributed by atoms with Crippen LogP contribution in [0.15, 0.2) is 24.3 Å². The Morgan fingerprint density at radius 3 is 2.59 bits per heavy atom. The number of hydrogen-bond donors (Lipinski definition) is 2. The average molecular weight is 303 g/mol. The summed E-state index contributed by atoms with van der Waals surface area (Å²) in [6.07, 6.45) is 4.92. The zero-order valence-corrected chi connectivity index (χ0v) is 13.1. The van der Waals surface area contributed by atoms with Gasteiger partial charge in [-0.15, -0.1) is 0 Å². The maximum absolute atomic E-state index is 11.8. The number of Topliss-reactive ketones (excluding diaryl/α,β-unsaturated/α-hetero) is 1. The van der Waals surface area contributed by atoms with Crippen molar-refractivity contribution in [3.63, 3.8) is 0 Å². The number of carbonyl (C=O) groups is 1. The van der Waals surface area contributed by atoms with Crippen LogP contribution in [0.5, 0.6) is 5.75 Å². The van der Waals surface area contributed by atoms with Gasteiger partial charge < -0.3 is 15.2 Å². The lowest BCUT2D eigenvalue weighted by atomic mass is 9.82. The first-order chi connectivity index (χ1) is 10.6. The molecule has 0 radical (unpaired) electrons. The van der Waals surface area contributed by atoms with E-state index in [2.05, 4.69) is 5.32 Å². The normalized spacial score (nSPS) is 32.3. The maximum Gasteiger partial charge on any atom is 0.153 e. The van der Waals surface area contributed by atoms with Crippen LogP contribution in [0.2, 0.25) is 0 Å². The summed E-state index contributed by atoms with van der Waals surface area (Å²) in [6.45, 7) is 2.53. The van der Waals surface area contributed by atoms with E-state index in [1.54, 1.807) is 6.07 Å². The molecule has 0 aromatic heterocycles. The third-order valence-electron chi connectivity index (χ3n) is 4.93. The highest BCUT2D eigenvalue weighted by atomic mass is 16.5. The Bertz CT molecular complexity index is 523. The summed E-state index contributed by atoms with van der Waals surface area (Å²) in [5.74, 6) is 1.10. The Hall–Kier alpha value is -1.39. The molecule has 3 rings (SSSR count). The second-order valence-corrected chi connectivity index (χ2v) is 6.66. The highest BCUT2D eigenvalue weighted by Crippen LogP contribution is 2.37. The standard InChI is InChI=1S/C18H25NO3/c1-12-10-18(21)16(19-12)11-22-14-8-6-13(7-9-14)15-4-2-3-5-17(15)20/h2-5,12-14,16,19-20H,6-11H2,1H3/t12-,13?,14?,16?/m1/s1. The number of rotatable bonds is 4. The molecule has 2 atom stereocenters. The molecule has 0 amide bonds. The molecule has 1 aromatic rings. The van der Waals surface area contributed by atoms with E-state index in [1.165, 1.54) is 0 Å². The predicted octanol–water partition coefficient (Wildman–Crippen LogP) is 2.75. The van der Waals surface area contributed by atoms with Gasteiger partial charge in [-0.1, -0.05) is 18.2 Å². The molecule has 1 aromatic carbocycles. The van der Waals surface area contributed by atoms with Crippen LogP contribution >= 0.6 is 0 Å². The molecule has 120 valence electrons. The molecule has 1 heterocycles. The number of hydrogen-bond acceptors (Lipinski definition) is 4. The van der Waals surface area contributed by atoms with Crippen molar-refractivity contribution in [2.24, 2.45) is 0 Å². The number of carbonyl (C=O) groups excluding carboxylic acids is 1. The SMILES string of the molecule is C[C@@H]1CC(=O)C(COC2CCC(c3ccccc3O)CC2)N1. The quantitative estimate of drug-likeness (QED) is 0.898. The zero-order valence-electron chi connectivity index (χ0n) is 13.1. The van der Waals surface area contributed by atoms with Crippen LogP contribution in [-0.2, 0) is 9.53 Å². The number of aromatic hydroxyl groups is 1. The molecule has 2 fully saturated rings. The number of phenolic OH excluding ortho intramolecular Hbond substituents is 1. The van der Waals surface area contributed by atoms with Gasteiger partial charge in [-0.3, -0.25) is 4.79 Å². The van der Waals surface area contributed by atoms with Gasteiger partial charge in [0, 0.05) is 12.5 Å². The van der Waals surface area contributed by atoms with Gasteiger partial charge in [0.1, 0.15) is 5.75 Å². The van der Waals surface area contributed by atoms with E-state index in [1.807, 2.05) is 25.1 Å². The van der Waals surface area contributed by atoms with Crippen LogP contribution in [0.25, 0.3) is 0 Å². The van der Waals surface area contributed by atoms with Crippen LogP contribution in [0, 0.1) is 0 Å². The fraction of sp³-hybridized carbons (Fsp3) is 0.611. The molecular formula is C18H25NO3. The van der Waals surface area contributed by atoms with Crippen molar-refractivity contribution >= 4 is 5.78 Å². The molecule has 22 heavy (non-hydrogen) atoms. The van der Waals surface area contributed by atoms with Crippen molar-refractivity contribution in [2.45, 2.75) is 63.1 Å². The van der Waals surface area contributed by atoms with Crippen LogP contribution in [0.1, 0.15) is 50.5 Å². The summed E-state index contributed by atoms with van der Waals surface area (Å²) in [5.41, 5.74) is 1.06. The van der Waals surface area contributed by atoms with Crippen LogP contribution in [0.3, 0.4) is 0 Å².